The fraction of sp³-hybridized carbons (Fsp3) is 0.409. The number of carbonyl (C=O) groups excluding carboxylic acids is 2. The van der Waals surface area contributed by atoms with Crippen LogP contribution < -0.4 is 15.4 Å². The monoisotopic (exact) mass is 800 g/mol. The second-order valence-electron chi connectivity index (χ2n) is 16.9. The van der Waals surface area contributed by atoms with Gasteiger partial charge in [0.25, 0.3) is 0 Å². The summed E-state index contributed by atoms with van der Waals surface area (Å²) >= 11 is 1.78. The summed E-state index contributed by atoms with van der Waals surface area (Å²) in [6.45, 7) is 4.81. The van der Waals surface area contributed by atoms with Gasteiger partial charge in [-0.2, -0.15) is 0 Å². The minimum absolute atomic E-state index is 0.115. The van der Waals surface area contributed by atoms with Crippen LogP contribution in [0, 0.1) is 17.7 Å². The van der Waals surface area contributed by atoms with Crippen LogP contribution in [0.2, 0.25) is 0 Å². The summed E-state index contributed by atoms with van der Waals surface area (Å²) in [4.78, 5) is 46.9. The van der Waals surface area contributed by atoms with Crippen LogP contribution in [-0.2, 0) is 9.53 Å². The molecule has 3 aliphatic heterocycles. The molecule has 1 unspecified atom stereocenters. The third-order valence-electron chi connectivity index (χ3n) is 12.8. The molecule has 7 heterocycles. The van der Waals surface area contributed by atoms with E-state index in [4.69, 9.17) is 14.5 Å². The maximum Gasteiger partial charge on any atom is 0.407 e. The van der Waals surface area contributed by atoms with E-state index in [1.807, 2.05) is 31.0 Å². The number of imidazole rings is 2. The predicted octanol–water partition coefficient (Wildman–Crippen LogP) is 8.57. The summed E-state index contributed by atoms with van der Waals surface area (Å²) in [5.74, 6) is 2.53. The molecule has 2 amide bonds. The van der Waals surface area contributed by atoms with Gasteiger partial charge in [0.15, 0.2) is 0 Å². The standard InChI is InChI=1S/C44H45FN8O4S/c1-21(2)39(51-44(55)56-3)42(54)52-32-15-26(32)17-34(52)41-48-19-29(50-41)23-8-9-31-25(13-23)16-33-38-27(45)14-24(30-20-47-40(49-30)28-5-4-12-46-28)18-35(38)57-43(53(31)33)37-11-10-36(58-37)22-6-7-22/h8-11,13-14,16,18-22,26,28,32,34,39,43,46H,4-7,12,15,17H2,1-3H3,(H,47,49)(H,48,50)(H,51,55)/t26-,28+,32-,34+,39+,43?/m1/s1. The molecule has 4 aromatic heterocycles. The van der Waals surface area contributed by atoms with Crippen molar-refractivity contribution in [1.82, 2.24) is 40.0 Å². The Kier molecular flexibility index (Phi) is 8.34. The van der Waals surface area contributed by atoms with Gasteiger partial charge in [-0.3, -0.25) is 9.36 Å². The van der Waals surface area contributed by atoms with Crippen molar-refractivity contribution in [2.45, 2.75) is 88.7 Å². The zero-order chi connectivity index (χ0) is 39.4. The number of benzene rings is 2. The largest absolute Gasteiger partial charge is 0.464 e. The van der Waals surface area contributed by atoms with Crippen LogP contribution in [0.1, 0.15) is 98.0 Å². The first-order valence-electron chi connectivity index (χ1n) is 20.5. The number of ether oxygens (including phenoxy) is 2. The summed E-state index contributed by atoms with van der Waals surface area (Å²) < 4.78 is 30.4. The molecule has 0 radical (unpaired) electrons. The van der Waals surface area contributed by atoms with E-state index in [0.29, 0.717) is 28.7 Å². The molecule has 2 aliphatic carbocycles. The van der Waals surface area contributed by atoms with E-state index in [9.17, 15) is 9.59 Å². The van der Waals surface area contributed by atoms with Crippen molar-refractivity contribution in [3.8, 4) is 39.5 Å². The van der Waals surface area contributed by atoms with E-state index < -0.39 is 18.4 Å². The number of carbonyl (C=O) groups is 2. The first kappa shape index (κ1) is 35.7. The number of hydrogen-bond donors (Lipinski definition) is 4. The molecule has 0 spiro atoms. The number of rotatable bonds is 9. The number of methoxy groups -OCH3 is 1. The van der Waals surface area contributed by atoms with Crippen LogP contribution in [-0.4, -0.2) is 67.1 Å². The van der Waals surface area contributed by atoms with Crippen molar-refractivity contribution < 1.29 is 23.5 Å². The Labute approximate surface area is 338 Å². The van der Waals surface area contributed by atoms with E-state index in [0.717, 1.165) is 82.3 Å². The van der Waals surface area contributed by atoms with Crippen LogP contribution >= 0.6 is 11.3 Å². The van der Waals surface area contributed by atoms with Gasteiger partial charge >= 0.3 is 6.09 Å². The van der Waals surface area contributed by atoms with Crippen LogP contribution in [0.25, 0.3) is 44.7 Å². The zero-order valence-electron chi connectivity index (χ0n) is 32.6. The second-order valence-corrected chi connectivity index (χ2v) is 18.1. The molecule has 6 aromatic rings. The number of alkyl carbamates (subject to hydrolysis) is 1. The quantitative estimate of drug-likeness (QED) is 0.115. The highest BCUT2D eigenvalue weighted by atomic mass is 32.1. The van der Waals surface area contributed by atoms with E-state index in [1.165, 1.54) is 24.8 Å². The highest BCUT2D eigenvalue weighted by Crippen LogP contribution is 2.54. The molecular formula is C44H45FN8O4S. The van der Waals surface area contributed by atoms with Crippen molar-refractivity contribution in [3.63, 3.8) is 0 Å². The SMILES string of the molecule is COC(=O)N[C@H](C(=O)N1[C@@H]2C[C@@H]2C[C@H]1c1ncc(-c2ccc3c(c2)cc2n3C(c3ccc(C4CC4)s3)Oc3cc(-c4cnc([C@@H]5CCCN5)[nH]4)cc(F)c3-2)[nH]1)C(C)C. The molecule has 2 aromatic carbocycles. The van der Waals surface area contributed by atoms with E-state index in [2.05, 4.69) is 66.6 Å². The number of piperidine rings is 1. The third-order valence-corrected chi connectivity index (χ3v) is 14.0. The van der Waals surface area contributed by atoms with Gasteiger partial charge in [0.2, 0.25) is 12.1 Å². The lowest BCUT2D eigenvalue weighted by Crippen LogP contribution is -2.52. The Balaban J connectivity index is 0.944. The highest BCUT2D eigenvalue weighted by Gasteiger charge is 2.56. The fourth-order valence-corrected chi connectivity index (χ4v) is 10.7. The highest BCUT2D eigenvalue weighted by molar-refractivity contribution is 7.12. The van der Waals surface area contributed by atoms with Crippen molar-refractivity contribution >= 4 is 34.2 Å². The number of hydrogen-bond acceptors (Lipinski definition) is 8. The maximum absolute atomic E-state index is 16.6. The lowest BCUT2D eigenvalue weighted by molar-refractivity contribution is -0.136. The van der Waals surface area contributed by atoms with Gasteiger partial charge < -0.3 is 35.0 Å². The van der Waals surface area contributed by atoms with Crippen molar-refractivity contribution in [2.24, 2.45) is 11.8 Å². The molecule has 2 saturated heterocycles. The minimum atomic E-state index is -0.701. The number of aromatic amines is 2. The van der Waals surface area contributed by atoms with Crippen LogP contribution in [0.15, 0.2) is 60.9 Å². The maximum atomic E-state index is 16.6. The lowest BCUT2D eigenvalue weighted by Gasteiger charge is -2.31. The molecular weight excluding hydrogens is 756 g/mol. The number of nitrogens with one attached hydrogen (secondary N) is 4. The number of aromatic nitrogens is 5. The van der Waals surface area contributed by atoms with E-state index in [-0.39, 0.29) is 35.8 Å². The summed E-state index contributed by atoms with van der Waals surface area (Å²) in [6.07, 6.45) is 8.83. The Morgan fingerprint density at radius 2 is 1.76 bits per heavy atom. The molecule has 11 rings (SSSR count). The number of thiophene rings is 1. The topological polar surface area (TPSA) is 142 Å². The summed E-state index contributed by atoms with van der Waals surface area (Å²) in [7, 11) is 1.30. The van der Waals surface area contributed by atoms with Gasteiger partial charge in [0, 0.05) is 27.4 Å². The average molecular weight is 801 g/mol. The Hall–Kier alpha value is -5.47. The van der Waals surface area contributed by atoms with Gasteiger partial charge in [-0.1, -0.05) is 19.9 Å². The van der Waals surface area contributed by atoms with Gasteiger partial charge in [-0.15, -0.1) is 11.3 Å². The molecule has 58 heavy (non-hydrogen) atoms. The second kappa shape index (κ2) is 13.6. The van der Waals surface area contributed by atoms with E-state index in [1.54, 1.807) is 23.6 Å². The zero-order valence-corrected chi connectivity index (χ0v) is 33.4. The smallest absolute Gasteiger partial charge is 0.407 e. The van der Waals surface area contributed by atoms with Crippen molar-refractivity contribution in [1.29, 1.82) is 0 Å². The number of likely N-dealkylation sites (tertiary alicyclic amines) is 1. The van der Waals surface area contributed by atoms with Gasteiger partial charge in [0.1, 0.15) is 29.3 Å². The number of fused-ring (bicyclic) bond motifs is 6. The normalized spacial score (nSPS) is 23.7. The van der Waals surface area contributed by atoms with Crippen molar-refractivity contribution in [3.05, 3.63) is 88.1 Å². The summed E-state index contributed by atoms with van der Waals surface area (Å²) in [5.41, 5.74) is 5.33. The Bertz CT molecular complexity index is 2600. The molecule has 2 saturated carbocycles. The van der Waals surface area contributed by atoms with Crippen LogP contribution in [0.3, 0.4) is 0 Å². The molecule has 4 fully saturated rings. The molecule has 12 nitrogen and oxygen atoms in total. The molecule has 6 atom stereocenters. The number of H-pyrrole nitrogens is 2. The first-order chi connectivity index (χ1) is 28.2. The molecule has 5 aliphatic rings. The van der Waals surface area contributed by atoms with Crippen LogP contribution in [0.5, 0.6) is 5.75 Å². The number of halogens is 1. The minimum Gasteiger partial charge on any atom is -0.464 e. The van der Waals surface area contributed by atoms with Crippen LogP contribution in [0.4, 0.5) is 9.18 Å². The van der Waals surface area contributed by atoms with Crippen molar-refractivity contribution in [2.75, 3.05) is 13.7 Å². The Morgan fingerprint density at radius 1 is 0.966 bits per heavy atom. The fourth-order valence-electron chi connectivity index (χ4n) is 9.48. The number of nitrogens with zero attached hydrogens (tertiary/aromatic N) is 4. The predicted molar refractivity (Wildman–Crippen MR) is 218 cm³/mol. The van der Waals surface area contributed by atoms with E-state index >= 15 is 4.39 Å². The number of amides is 2. The lowest BCUT2D eigenvalue weighted by atomic mass is 10.0. The summed E-state index contributed by atoms with van der Waals surface area (Å²) in [6, 6.07) is 15.6. The molecule has 4 N–H and O–H groups in total. The Morgan fingerprint density at radius 3 is 2.53 bits per heavy atom. The van der Waals surface area contributed by atoms with Gasteiger partial charge in [0.05, 0.1) is 64.6 Å². The molecule has 14 heteroatoms. The first-order valence-corrected chi connectivity index (χ1v) is 21.3. The third kappa shape index (κ3) is 5.93. The van der Waals surface area contributed by atoms with Gasteiger partial charge in [-0.05, 0) is 105 Å². The molecule has 0 bridgehead atoms. The van der Waals surface area contributed by atoms with Gasteiger partial charge in [-0.25, -0.2) is 19.2 Å². The molecule has 298 valence electrons. The average Bonchev–Trinajstić information content (AvgIpc) is 3.72. The summed E-state index contributed by atoms with van der Waals surface area (Å²) in [5, 5.41) is 7.18.